The number of alkyl halides is 3. The molecule has 0 bridgehead atoms. The van der Waals surface area contributed by atoms with Crippen LogP contribution in [0.15, 0.2) is 34.8 Å². The van der Waals surface area contributed by atoms with Crippen LogP contribution in [0.25, 0.3) is 5.76 Å². The normalized spacial score (nSPS) is 16.8. The van der Waals surface area contributed by atoms with Crippen molar-refractivity contribution < 1.29 is 62.7 Å². The van der Waals surface area contributed by atoms with Crippen molar-refractivity contribution in [3.05, 3.63) is 45.9 Å². The fraction of sp³-hybridized carbons (Fsp3) is 0.393. The molecule has 3 rings (SSSR count). The number of primary amides is 1. The Kier molecular flexibility index (Phi) is 10.7. The monoisotopic (exact) mass is 642 g/mol. The lowest BCUT2D eigenvalue weighted by atomic mass is 9.80. The molecule has 1 aromatic rings. The lowest BCUT2D eigenvalue weighted by molar-refractivity contribution is -0.192. The topological polar surface area (TPSA) is 240 Å². The van der Waals surface area contributed by atoms with Crippen molar-refractivity contribution in [2.24, 2.45) is 11.7 Å². The number of rotatable bonds is 7. The predicted octanol–water partition coefficient (Wildman–Crippen LogP) is 2.14. The van der Waals surface area contributed by atoms with Crippen LogP contribution in [-0.2, 0) is 30.4 Å². The summed E-state index contributed by atoms with van der Waals surface area (Å²) in [4.78, 5) is 59.5. The number of nitrogens with one attached hydrogen (secondary N) is 2. The van der Waals surface area contributed by atoms with Gasteiger partial charge in [0.05, 0.1) is 17.8 Å². The standard InChI is InChI=1S/C26H32N4O8.C2HF3O2/c1-26(2,3)28-10-17(32)29-14-9-15(30(4)5)12-6-11(8-16(31)18(12)22(14)35)7-13-20(33)23(36)19(25(27)38)24(37)21(13)34;3-2(4,5)1(6)7/h8-9,11,28,31,33,35,37H,6-7,10H2,1-5H3,(H2,27,38)(H,29,32);(H,6,7)/t11-;/m0./s1. The Morgan fingerprint density at radius 3 is 2.04 bits per heavy atom. The number of aliphatic hydroxyl groups excluding tert-OH is 3. The van der Waals surface area contributed by atoms with E-state index in [0.717, 1.165) is 0 Å². The van der Waals surface area contributed by atoms with E-state index in [0.29, 0.717) is 11.3 Å². The Morgan fingerprint density at radius 1 is 1.02 bits per heavy atom. The summed E-state index contributed by atoms with van der Waals surface area (Å²) in [5.41, 5.74) is 4.56. The molecule has 0 aromatic heterocycles. The Morgan fingerprint density at radius 2 is 1.58 bits per heavy atom. The lowest BCUT2D eigenvalue weighted by Gasteiger charge is -2.29. The van der Waals surface area contributed by atoms with Gasteiger partial charge in [0.15, 0.2) is 11.5 Å². The average Bonchev–Trinajstić information content (AvgIpc) is 2.89. The van der Waals surface area contributed by atoms with Gasteiger partial charge in [0.1, 0.15) is 17.1 Å². The first-order valence-corrected chi connectivity index (χ1v) is 13.0. The fourth-order valence-electron chi connectivity index (χ4n) is 4.38. The number of carbonyl (C=O) groups excluding carboxylic acids is 4. The summed E-state index contributed by atoms with van der Waals surface area (Å²) in [7, 11) is 3.46. The van der Waals surface area contributed by atoms with Crippen LogP contribution in [0.4, 0.5) is 24.5 Å². The highest BCUT2D eigenvalue weighted by atomic mass is 19.4. The number of carboxylic acids is 1. The van der Waals surface area contributed by atoms with Gasteiger partial charge in [-0.3, -0.25) is 19.2 Å². The molecule has 0 spiro atoms. The van der Waals surface area contributed by atoms with Crippen molar-refractivity contribution in [3.8, 4) is 5.75 Å². The number of phenols is 1. The van der Waals surface area contributed by atoms with E-state index in [1.54, 1.807) is 25.1 Å². The summed E-state index contributed by atoms with van der Waals surface area (Å²) in [5, 5.41) is 55.0. The van der Waals surface area contributed by atoms with E-state index in [1.807, 2.05) is 20.8 Å². The van der Waals surface area contributed by atoms with Gasteiger partial charge in [0.2, 0.25) is 17.5 Å². The minimum atomic E-state index is -5.08. The fourth-order valence-corrected chi connectivity index (χ4v) is 4.38. The van der Waals surface area contributed by atoms with Crippen LogP contribution < -0.4 is 21.3 Å². The van der Waals surface area contributed by atoms with Crippen LogP contribution in [0, 0.1) is 5.92 Å². The first-order valence-electron chi connectivity index (χ1n) is 13.0. The van der Waals surface area contributed by atoms with Crippen molar-refractivity contribution in [2.75, 3.05) is 30.9 Å². The maximum Gasteiger partial charge on any atom is 0.490 e. The van der Waals surface area contributed by atoms with E-state index in [1.165, 1.54) is 6.08 Å². The van der Waals surface area contributed by atoms with Gasteiger partial charge in [-0.05, 0) is 57.2 Å². The van der Waals surface area contributed by atoms with E-state index in [4.69, 9.17) is 15.6 Å². The van der Waals surface area contributed by atoms with Gasteiger partial charge in [-0.2, -0.15) is 13.2 Å². The summed E-state index contributed by atoms with van der Waals surface area (Å²) < 4.78 is 31.7. The number of allylic oxidation sites excluding steroid dienone is 3. The SMILES string of the molecule is CN(C)c1cc(NC(=O)CNC(C)(C)C)c(O)c2c1C[C@@H](CC1=C(O)C(=O)C(C(N)=O)=C(O)C1=O)C=C2O.O=C(O)C(F)(F)F. The number of fused-ring (bicyclic) bond motifs is 1. The second-order valence-electron chi connectivity index (χ2n) is 11.3. The highest BCUT2D eigenvalue weighted by molar-refractivity contribution is 6.33. The molecule has 1 aromatic carbocycles. The predicted molar refractivity (Wildman–Crippen MR) is 153 cm³/mol. The quantitative estimate of drug-likeness (QED) is 0.121. The van der Waals surface area contributed by atoms with Gasteiger partial charge in [-0.1, -0.05) is 0 Å². The number of benzene rings is 1. The molecular weight excluding hydrogens is 609 g/mol. The second-order valence-corrected chi connectivity index (χ2v) is 11.3. The molecule has 45 heavy (non-hydrogen) atoms. The number of aliphatic hydroxyl groups is 3. The highest BCUT2D eigenvalue weighted by Crippen LogP contribution is 2.45. The average molecular weight is 643 g/mol. The van der Waals surface area contributed by atoms with E-state index < -0.39 is 64.1 Å². The summed E-state index contributed by atoms with van der Waals surface area (Å²) in [6.07, 6.45) is -3.84. The van der Waals surface area contributed by atoms with Crippen molar-refractivity contribution >= 4 is 46.5 Å². The van der Waals surface area contributed by atoms with Crippen LogP contribution in [0.2, 0.25) is 0 Å². The molecule has 17 heteroatoms. The zero-order valence-corrected chi connectivity index (χ0v) is 24.8. The van der Waals surface area contributed by atoms with E-state index in [9.17, 15) is 52.8 Å². The van der Waals surface area contributed by atoms with Gasteiger partial charge in [-0.15, -0.1) is 0 Å². The maximum absolute atomic E-state index is 12.6. The van der Waals surface area contributed by atoms with E-state index in [-0.39, 0.29) is 47.7 Å². The Balaban J connectivity index is 0.000000900. The third kappa shape index (κ3) is 8.53. The van der Waals surface area contributed by atoms with Crippen LogP contribution in [0.3, 0.4) is 0 Å². The molecule has 0 saturated carbocycles. The van der Waals surface area contributed by atoms with Crippen molar-refractivity contribution in [3.63, 3.8) is 0 Å². The van der Waals surface area contributed by atoms with Crippen LogP contribution >= 0.6 is 0 Å². The zero-order chi connectivity index (χ0) is 34.8. The molecule has 2 aliphatic carbocycles. The van der Waals surface area contributed by atoms with Gasteiger partial charge in [0, 0.05) is 30.9 Å². The molecule has 0 aliphatic heterocycles. The first-order chi connectivity index (χ1) is 20.5. The number of nitrogens with zero attached hydrogens (tertiary/aromatic N) is 1. The van der Waals surface area contributed by atoms with Crippen molar-refractivity contribution in [2.45, 2.75) is 45.3 Å². The van der Waals surface area contributed by atoms with E-state index >= 15 is 0 Å². The molecule has 246 valence electrons. The summed E-state index contributed by atoms with van der Waals surface area (Å²) in [5.74, 6) is -10.4. The number of aromatic hydroxyl groups is 1. The molecule has 0 heterocycles. The number of phenolic OH excluding ortho intramolecular Hbond substituents is 1. The third-order valence-electron chi connectivity index (χ3n) is 6.44. The number of anilines is 2. The zero-order valence-electron chi connectivity index (χ0n) is 24.8. The molecule has 0 radical (unpaired) electrons. The minimum Gasteiger partial charge on any atom is -0.508 e. The van der Waals surface area contributed by atoms with Gasteiger partial charge in [0.25, 0.3) is 5.91 Å². The summed E-state index contributed by atoms with van der Waals surface area (Å²) >= 11 is 0. The summed E-state index contributed by atoms with van der Waals surface area (Å²) in [6.45, 7) is 5.70. The molecule has 14 nitrogen and oxygen atoms in total. The number of nitrogens with two attached hydrogens (primary N) is 1. The molecule has 0 fully saturated rings. The minimum absolute atomic E-state index is 0.00860. The number of Topliss-reactive ketones (excluding diaryl/α,β-unsaturated/α-hetero) is 2. The number of carbonyl (C=O) groups is 5. The highest BCUT2D eigenvalue weighted by Gasteiger charge is 2.39. The number of carboxylic acid groups (broad SMARTS) is 1. The lowest BCUT2D eigenvalue weighted by Crippen LogP contribution is -2.41. The van der Waals surface area contributed by atoms with E-state index in [2.05, 4.69) is 10.6 Å². The smallest absolute Gasteiger partial charge is 0.490 e. The third-order valence-corrected chi connectivity index (χ3v) is 6.44. The molecule has 2 aliphatic rings. The van der Waals surface area contributed by atoms with Crippen molar-refractivity contribution in [1.82, 2.24) is 5.32 Å². The Labute approximate surface area is 254 Å². The molecule has 2 amide bonds. The van der Waals surface area contributed by atoms with Gasteiger partial charge >= 0.3 is 12.1 Å². The second kappa shape index (κ2) is 13.3. The summed E-state index contributed by atoms with van der Waals surface area (Å²) in [6, 6.07) is 1.55. The number of aliphatic carboxylic acids is 1. The first kappa shape index (κ1) is 36.1. The number of hydrogen-bond acceptors (Lipinski definition) is 11. The largest absolute Gasteiger partial charge is 0.508 e. The van der Waals surface area contributed by atoms with Crippen molar-refractivity contribution in [1.29, 1.82) is 0 Å². The van der Waals surface area contributed by atoms with Crippen LogP contribution in [-0.4, -0.2) is 87.2 Å². The molecule has 1 atom stereocenters. The molecule has 0 unspecified atom stereocenters. The number of ketones is 2. The number of amides is 2. The number of halogens is 3. The maximum atomic E-state index is 12.6. The Bertz CT molecular complexity index is 1540. The van der Waals surface area contributed by atoms with Crippen LogP contribution in [0.1, 0.15) is 38.3 Å². The van der Waals surface area contributed by atoms with Crippen LogP contribution in [0.5, 0.6) is 5.75 Å². The van der Waals surface area contributed by atoms with Gasteiger partial charge < -0.3 is 46.8 Å². The Hall–Kier alpha value is -5.06. The molecule has 9 N–H and O–H groups in total. The van der Waals surface area contributed by atoms with Gasteiger partial charge in [-0.25, -0.2) is 4.79 Å². The number of hydrogen-bond donors (Lipinski definition) is 8. The molecular formula is C28H33F3N4O10. The molecule has 0 saturated heterocycles.